The van der Waals surface area contributed by atoms with Crippen LogP contribution < -0.4 is 15.1 Å². The number of morpholine rings is 1. The summed E-state index contributed by atoms with van der Waals surface area (Å²) < 4.78 is 13.1. The Labute approximate surface area is 203 Å². The summed E-state index contributed by atoms with van der Waals surface area (Å²) in [5.74, 6) is 0.00643. The zero-order valence-electron chi connectivity index (χ0n) is 16.0. The van der Waals surface area contributed by atoms with Crippen LogP contribution in [0.25, 0.3) is 0 Å². The van der Waals surface area contributed by atoms with E-state index < -0.39 is 10.8 Å². The molecule has 9 nitrogen and oxygen atoms in total. The van der Waals surface area contributed by atoms with Crippen LogP contribution in [0.3, 0.4) is 0 Å². The number of hydrogen-bond donors (Lipinski definition) is 1. The van der Waals surface area contributed by atoms with Gasteiger partial charge in [0.1, 0.15) is 5.75 Å². The van der Waals surface area contributed by atoms with E-state index in [2.05, 4.69) is 63.2 Å². The first kappa shape index (κ1) is 23.6. The molecule has 1 amide bonds. The second kappa shape index (κ2) is 11.0. The molecule has 0 spiro atoms. The summed E-state index contributed by atoms with van der Waals surface area (Å²) in [4.78, 5) is 24.9. The monoisotopic (exact) mass is 618 g/mol. The normalized spacial score (nSPS) is 14.0. The van der Waals surface area contributed by atoms with Crippen LogP contribution in [0, 0.1) is 10.1 Å². The molecule has 1 aliphatic heterocycles. The second-order valence-corrected chi connectivity index (χ2v) is 9.00. The van der Waals surface area contributed by atoms with E-state index in [9.17, 15) is 14.9 Å². The molecule has 0 radical (unpaired) electrons. The first-order chi connectivity index (χ1) is 14.8. The Balaban J connectivity index is 1.67. The van der Waals surface area contributed by atoms with Crippen LogP contribution in [0.5, 0.6) is 5.75 Å². The molecule has 1 saturated heterocycles. The third kappa shape index (κ3) is 6.48. The van der Waals surface area contributed by atoms with Crippen molar-refractivity contribution in [2.24, 2.45) is 5.10 Å². The Bertz CT molecular complexity index is 989. The zero-order chi connectivity index (χ0) is 22.4. The van der Waals surface area contributed by atoms with Gasteiger partial charge in [-0.15, -0.1) is 0 Å². The van der Waals surface area contributed by atoms with Crippen molar-refractivity contribution in [3.05, 3.63) is 59.4 Å². The summed E-state index contributed by atoms with van der Waals surface area (Å²) in [6.45, 7) is 2.21. The third-order valence-electron chi connectivity index (χ3n) is 4.28. The van der Waals surface area contributed by atoms with Crippen molar-refractivity contribution in [2.75, 3.05) is 37.8 Å². The number of hydrogen-bond acceptors (Lipinski definition) is 7. The molecule has 1 heterocycles. The van der Waals surface area contributed by atoms with Crippen LogP contribution in [0.2, 0.25) is 0 Å². The van der Waals surface area contributed by atoms with Crippen LogP contribution in [0.15, 0.2) is 48.9 Å². The molecule has 31 heavy (non-hydrogen) atoms. The Morgan fingerprint density at radius 1 is 1.23 bits per heavy atom. The van der Waals surface area contributed by atoms with Gasteiger partial charge in [-0.3, -0.25) is 14.9 Å². The van der Waals surface area contributed by atoms with Crippen LogP contribution >= 0.6 is 47.8 Å². The Morgan fingerprint density at radius 2 is 1.90 bits per heavy atom. The minimum Gasteiger partial charge on any atom is -0.481 e. The molecule has 0 aromatic heterocycles. The van der Waals surface area contributed by atoms with Crippen LogP contribution in [-0.4, -0.2) is 50.0 Å². The van der Waals surface area contributed by atoms with Crippen molar-refractivity contribution in [3.8, 4) is 5.75 Å². The van der Waals surface area contributed by atoms with Gasteiger partial charge in [0.15, 0.2) is 6.61 Å². The number of halogens is 3. The lowest BCUT2D eigenvalue weighted by Crippen LogP contribution is -2.36. The van der Waals surface area contributed by atoms with Gasteiger partial charge in [-0.1, -0.05) is 15.9 Å². The zero-order valence-corrected chi connectivity index (χ0v) is 20.8. The van der Waals surface area contributed by atoms with Gasteiger partial charge in [-0.2, -0.15) is 5.10 Å². The summed E-state index contributed by atoms with van der Waals surface area (Å²) in [6.07, 6.45) is 1.39. The van der Waals surface area contributed by atoms with Crippen molar-refractivity contribution in [1.82, 2.24) is 5.43 Å². The van der Waals surface area contributed by atoms with Gasteiger partial charge in [0.2, 0.25) is 0 Å². The fraction of sp³-hybridized carbons (Fsp3) is 0.263. The number of rotatable bonds is 7. The van der Waals surface area contributed by atoms with Crippen molar-refractivity contribution >= 4 is 71.3 Å². The van der Waals surface area contributed by atoms with Crippen molar-refractivity contribution in [2.45, 2.75) is 0 Å². The minimum absolute atomic E-state index is 0.0574. The molecule has 0 bridgehead atoms. The quantitative estimate of drug-likeness (QED) is 0.282. The molecule has 12 heteroatoms. The van der Waals surface area contributed by atoms with Gasteiger partial charge < -0.3 is 14.4 Å². The van der Waals surface area contributed by atoms with Crippen molar-refractivity contribution in [1.29, 1.82) is 0 Å². The molecule has 2 aromatic carbocycles. The number of nitrogens with zero attached hydrogens (tertiary/aromatic N) is 3. The highest BCUT2D eigenvalue weighted by atomic mass is 79.9. The summed E-state index contributed by atoms with van der Waals surface area (Å²) in [5, 5.41) is 15.1. The molecule has 0 atom stereocenters. The topological polar surface area (TPSA) is 106 Å². The van der Waals surface area contributed by atoms with Crippen LogP contribution in [0.4, 0.5) is 11.4 Å². The lowest BCUT2D eigenvalue weighted by Gasteiger charge is -2.29. The van der Waals surface area contributed by atoms with E-state index in [0.29, 0.717) is 46.6 Å². The number of non-ortho nitro benzene ring substituents is 1. The molecular formula is C19H17Br3N4O5. The van der Waals surface area contributed by atoms with E-state index in [1.807, 2.05) is 0 Å². The molecule has 1 N–H and O–H groups in total. The lowest BCUT2D eigenvalue weighted by atomic mass is 10.1. The summed E-state index contributed by atoms with van der Waals surface area (Å²) in [6, 6.07) is 8.14. The number of carbonyl (C=O) groups excluding carboxylic acids is 1. The maximum atomic E-state index is 12.1. The van der Waals surface area contributed by atoms with E-state index in [4.69, 9.17) is 9.47 Å². The fourth-order valence-electron chi connectivity index (χ4n) is 2.86. The maximum Gasteiger partial charge on any atom is 0.277 e. The standard InChI is InChI=1S/C19H17Br3N4O5/c20-13-8-15(21)19(16(22)9-13)31-11-18(27)24-23-10-12-7-14(26(28)29)1-2-17(12)25-3-5-30-6-4-25/h1-2,7-10H,3-6,11H2,(H,24,27)/b23-10-. The van der Waals surface area contributed by atoms with Crippen LogP contribution in [-0.2, 0) is 9.53 Å². The van der Waals surface area contributed by atoms with E-state index >= 15 is 0 Å². The molecule has 3 rings (SSSR count). The number of amides is 1. The minimum atomic E-state index is -0.476. The highest BCUT2D eigenvalue weighted by Crippen LogP contribution is 2.36. The van der Waals surface area contributed by atoms with Crippen LogP contribution in [0.1, 0.15) is 5.56 Å². The second-order valence-electron chi connectivity index (χ2n) is 6.38. The average molecular weight is 621 g/mol. The number of nitro groups is 1. The number of nitrogens with one attached hydrogen (secondary N) is 1. The predicted octanol–water partition coefficient (Wildman–Crippen LogP) is 4.25. The smallest absolute Gasteiger partial charge is 0.277 e. The summed E-state index contributed by atoms with van der Waals surface area (Å²) in [5.41, 5.74) is 3.63. The van der Waals surface area contributed by atoms with Gasteiger partial charge in [-0.25, -0.2) is 5.43 Å². The number of hydrazone groups is 1. The van der Waals surface area contributed by atoms with Gasteiger partial charge in [0.05, 0.1) is 33.3 Å². The maximum absolute atomic E-state index is 12.1. The molecule has 0 unspecified atom stereocenters. The van der Waals surface area contributed by atoms with Gasteiger partial charge >= 0.3 is 0 Å². The Hall–Kier alpha value is -2.02. The van der Waals surface area contributed by atoms with Crippen molar-refractivity contribution < 1.29 is 19.2 Å². The van der Waals surface area contributed by atoms with Gasteiger partial charge in [-0.05, 0) is 50.1 Å². The van der Waals surface area contributed by atoms with E-state index in [0.717, 1.165) is 10.2 Å². The molecule has 2 aromatic rings. The lowest BCUT2D eigenvalue weighted by molar-refractivity contribution is -0.384. The highest BCUT2D eigenvalue weighted by Gasteiger charge is 2.17. The SMILES string of the molecule is O=C(COc1c(Br)cc(Br)cc1Br)N/N=C\c1cc([N+](=O)[O-])ccc1N1CCOCC1. The Kier molecular flexibility index (Phi) is 8.41. The summed E-state index contributed by atoms with van der Waals surface area (Å²) >= 11 is 10.1. The van der Waals surface area contributed by atoms with Gasteiger partial charge in [0, 0.05) is 40.9 Å². The largest absolute Gasteiger partial charge is 0.481 e. The van der Waals surface area contributed by atoms with E-state index in [1.165, 1.54) is 18.3 Å². The average Bonchev–Trinajstić information content (AvgIpc) is 2.73. The number of benzene rings is 2. The van der Waals surface area contributed by atoms with E-state index in [1.54, 1.807) is 18.2 Å². The first-order valence-corrected chi connectivity index (χ1v) is 11.4. The molecular weight excluding hydrogens is 604 g/mol. The predicted molar refractivity (Wildman–Crippen MR) is 127 cm³/mol. The molecule has 0 saturated carbocycles. The number of nitro benzene ring substituents is 1. The fourth-order valence-corrected chi connectivity index (χ4v) is 5.35. The first-order valence-electron chi connectivity index (χ1n) is 9.05. The molecule has 0 aliphatic carbocycles. The van der Waals surface area contributed by atoms with Gasteiger partial charge in [0.25, 0.3) is 11.6 Å². The van der Waals surface area contributed by atoms with E-state index in [-0.39, 0.29) is 12.3 Å². The molecule has 1 aliphatic rings. The summed E-state index contributed by atoms with van der Waals surface area (Å²) in [7, 11) is 0. The highest BCUT2D eigenvalue weighted by molar-refractivity contribution is 9.11. The Morgan fingerprint density at radius 3 is 2.55 bits per heavy atom. The van der Waals surface area contributed by atoms with Crippen molar-refractivity contribution in [3.63, 3.8) is 0 Å². The molecule has 164 valence electrons. The number of anilines is 1. The number of carbonyl (C=O) groups is 1. The third-order valence-corrected chi connectivity index (χ3v) is 5.91. The molecule has 1 fully saturated rings. The number of ether oxygens (including phenoxy) is 2.